The molecular formula is C25H35N3O4. The van der Waals surface area contributed by atoms with Gasteiger partial charge in [-0.3, -0.25) is 4.79 Å². The van der Waals surface area contributed by atoms with E-state index < -0.39 is 5.97 Å². The topological polar surface area (TPSA) is 83.9 Å². The second kappa shape index (κ2) is 11.7. The lowest BCUT2D eigenvalue weighted by Crippen LogP contribution is -2.39. The Labute approximate surface area is 190 Å². The number of nitrogens with zero attached hydrogens (tertiary/aromatic N) is 2. The first-order valence-corrected chi connectivity index (χ1v) is 11.6. The second-order valence-corrected chi connectivity index (χ2v) is 8.05. The number of nitrogens with one attached hydrogen (secondary N) is 1. The van der Waals surface area contributed by atoms with E-state index in [0.29, 0.717) is 18.5 Å². The third kappa shape index (κ3) is 6.13. The molecule has 0 amide bonds. The summed E-state index contributed by atoms with van der Waals surface area (Å²) < 4.78 is 11.0. The zero-order chi connectivity index (χ0) is 22.9. The van der Waals surface area contributed by atoms with Gasteiger partial charge in [-0.15, -0.1) is 0 Å². The Morgan fingerprint density at radius 2 is 2.03 bits per heavy atom. The fourth-order valence-electron chi connectivity index (χ4n) is 4.33. The highest BCUT2D eigenvalue weighted by Crippen LogP contribution is 2.36. The van der Waals surface area contributed by atoms with Crippen molar-refractivity contribution in [1.82, 2.24) is 4.98 Å². The lowest BCUT2D eigenvalue weighted by Gasteiger charge is -2.37. The molecule has 1 aromatic heterocycles. The molecule has 7 heteroatoms. The van der Waals surface area contributed by atoms with E-state index in [0.717, 1.165) is 61.6 Å². The fourth-order valence-corrected chi connectivity index (χ4v) is 4.33. The summed E-state index contributed by atoms with van der Waals surface area (Å²) >= 11 is 0. The number of hydrogen-bond acceptors (Lipinski definition) is 6. The minimum Gasteiger partial charge on any atom is -0.481 e. The van der Waals surface area contributed by atoms with Crippen molar-refractivity contribution in [2.75, 3.05) is 36.6 Å². The summed E-state index contributed by atoms with van der Waals surface area (Å²) in [5.74, 6) is -0.209. The Bertz CT molecular complexity index is 866. The summed E-state index contributed by atoms with van der Waals surface area (Å²) in [4.78, 5) is 18.2. The molecule has 1 aliphatic heterocycles. The number of anilines is 3. The van der Waals surface area contributed by atoms with Crippen molar-refractivity contribution in [1.29, 1.82) is 0 Å². The summed E-state index contributed by atoms with van der Waals surface area (Å²) in [5, 5.41) is 12.9. The van der Waals surface area contributed by atoms with Gasteiger partial charge < -0.3 is 24.8 Å². The monoisotopic (exact) mass is 441 g/mol. The van der Waals surface area contributed by atoms with Crippen LogP contribution in [-0.4, -0.2) is 48.5 Å². The highest BCUT2D eigenvalue weighted by molar-refractivity contribution is 5.77. The van der Waals surface area contributed by atoms with Crippen LogP contribution >= 0.6 is 0 Å². The maximum Gasteiger partial charge on any atom is 0.303 e. The maximum atomic E-state index is 11.4. The fraction of sp³-hybridized carbons (Fsp3) is 0.520. The van der Waals surface area contributed by atoms with E-state index >= 15 is 0 Å². The Kier molecular flexibility index (Phi) is 8.73. The highest BCUT2D eigenvalue weighted by atomic mass is 16.5. The Hall–Kier alpha value is -2.80. The molecule has 7 nitrogen and oxygen atoms in total. The van der Waals surface area contributed by atoms with Crippen LogP contribution in [0.4, 0.5) is 17.1 Å². The van der Waals surface area contributed by atoms with Gasteiger partial charge in [0.1, 0.15) is 0 Å². The molecule has 3 rings (SSSR count). The lowest BCUT2D eigenvalue weighted by atomic mass is 9.92. The molecule has 2 aromatic rings. The Morgan fingerprint density at radius 3 is 2.62 bits per heavy atom. The van der Waals surface area contributed by atoms with Gasteiger partial charge in [0.25, 0.3) is 0 Å². The molecule has 0 spiro atoms. The van der Waals surface area contributed by atoms with Crippen LogP contribution in [0.1, 0.15) is 57.9 Å². The number of carbonyl (C=O) groups is 1. The van der Waals surface area contributed by atoms with Crippen molar-refractivity contribution < 1.29 is 19.4 Å². The van der Waals surface area contributed by atoms with Gasteiger partial charge in [0.15, 0.2) is 0 Å². The normalized spacial score (nSPS) is 15.2. The maximum absolute atomic E-state index is 11.4. The molecule has 32 heavy (non-hydrogen) atoms. The van der Waals surface area contributed by atoms with E-state index in [-0.39, 0.29) is 12.3 Å². The molecule has 0 bridgehead atoms. The first kappa shape index (κ1) is 23.9. The Balaban J connectivity index is 1.96. The van der Waals surface area contributed by atoms with E-state index in [9.17, 15) is 9.90 Å². The molecule has 0 aliphatic carbocycles. The third-order valence-electron chi connectivity index (χ3n) is 6.00. The van der Waals surface area contributed by atoms with Crippen molar-refractivity contribution in [2.45, 2.75) is 58.4 Å². The second-order valence-electron chi connectivity index (χ2n) is 8.05. The van der Waals surface area contributed by atoms with E-state index in [1.165, 1.54) is 0 Å². The number of benzene rings is 1. The molecule has 1 aliphatic rings. The molecular weight excluding hydrogens is 406 g/mol. The van der Waals surface area contributed by atoms with Crippen LogP contribution < -0.4 is 15.0 Å². The average molecular weight is 442 g/mol. The van der Waals surface area contributed by atoms with Crippen LogP contribution in [0.5, 0.6) is 5.88 Å². The zero-order valence-corrected chi connectivity index (χ0v) is 19.3. The molecule has 1 aromatic carbocycles. The minimum atomic E-state index is -0.775. The molecule has 174 valence electrons. The molecule has 1 saturated heterocycles. The standard InChI is InChI=1S/C25H35N3O4/c1-4-18(16-25(29)30)19-7-9-23(28(5-2)21-11-13-31-14-12-21)22(15-19)27-20-8-10-24(26-17-20)32-6-3/h7-10,15,17-18,21,27H,4-6,11-14,16H2,1-3H3,(H,29,30). The largest absolute Gasteiger partial charge is 0.481 e. The molecule has 2 N–H and O–H groups in total. The van der Waals surface area contributed by atoms with Crippen LogP contribution in [0.25, 0.3) is 0 Å². The zero-order valence-electron chi connectivity index (χ0n) is 19.3. The number of carboxylic acids is 1. The summed E-state index contributed by atoms with van der Waals surface area (Å²) in [5.41, 5.74) is 3.97. The van der Waals surface area contributed by atoms with E-state index in [4.69, 9.17) is 9.47 Å². The van der Waals surface area contributed by atoms with E-state index in [2.05, 4.69) is 40.3 Å². The molecule has 1 fully saturated rings. The smallest absolute Gasteiger partial charge is 0.303 e. The summed E-state index contributed by atoms with van der Waals surface area (Å²) in [6.07, 6.45) is 4.65. The predicted octanol–water partition coefficient (Wildman–Crippen LogP) is 5.20. The quantitative estimate of drug-likeness (QED) is 0.496. The lowest BCUT2D eigenvalue weighted by molar-refractivity contribution is -0.137. The minimum absolute atomic E-state index is 0.0290. The van der Waals surface area contributed by atoms with Crippen molar-refractivity contribution in [2.24, 2.45) is 0 Å². The van der Waals surface area contributed by atoms with Crippen molar-refractivity contribution in [3.05, 3.63) is 42.1 Å². The predicted molar refractivity (Wildman–Crippen MR) is 127 cm³/mol. The van der Waals surface area contributed by atoms with Crippen LogP contribution in [0.2, 0.25) is 0 Å². The summed E-state index contributed by atoms with van der Waals surface area (Å²) in [6, 6.07) is 10.5. The van der Waals surface area contributed by atoms with Crippen molar-refractivity contribution in [3.63, 3.8) is 0 Å². The average Bonchev–Trinajstić information content (AvgIpc) is 2.81. The van der Waals surface area contributed by atoms with Gasteiger partial charge in [0.2, 0.25) is 5.88 Å². The Morgan fingerprint density at radius 1 is 1.25 bits per heavy atom. The highest BCUT2D eigenvalue weighted by Gasteiger charge is 2.24. The van der Waals surface area contributed by atoms with E-state index in [1.807, 2.05) is 26.0 Å². The van der Waals surface area contributed by atoms with Gasteiger partial charge in [-0.1, -0.05) is 13.0 Å². The van der Waals surface area contributed by atoms with Gasteiger partial charge in [-0.05, 0) is 62.8 Å². The number of pyridine rings is 1. The number of hydrogen-bond donors (Lipinski definition) is 2. The summed E-state index contributed by atoms with van der Waals surface area (Å²) in [6.45, 7) is 9.15. The van der Waals surface area contributed by atoms with Gasteiger partial charge in [-0.2, -0.15) is 0 Å². The van der Waals surface area contributed by atoms with Crippen molar-refractivity contribution >= 4 is 23.0 Å². The summed E-state index contributed by atoms with van der Waals surface area (Å²) in [7, 11) is 0. The van der Waals surface area contributed by atoms with Crippen LogP contribution in [-0.2, 0) is 9.53 Å². The first-order chi connectivity index (χ1) is 15.5. The van der Waals surface area contributed by atoms with Crippen LogP contribution in [0.15, 0.2) is 36.5 Å². The van der Waals surface area contributed by atoms with Crippen LogP contribution in [0, 0.1) is 0 Å². The molecule has 0 radical (unpaired) electrons. The molecule has 1 unspecified atom stereocenters. The number of ether oxygens (including phenoxy) is 2. The van der Waals surface area contributed by atoms with Gasteiger partial charge in [-0.25, -0.2) is 4.98 Å². The number of aliphatic carboxylic acids is 1. The van der Waals surface area contributed by atoms with Gasteiger partial charge >= 0.3 is 5.97 Å². The van der Waals surface area contributed by atoms with Gasteiger partial charge in [0, 0.05) is 31.9 Å². The molecule has 1 atom stereocenters. The first-order valence-electron chi connectivity index (χ1n) is 11.6. The third-order valence-corrected chi connectivity index (χ3v) is 6.00. The number of rotatable bonds is 11. The molecule has 2 heterocycles. The van der Waals surface area contributed by atoms with Gasteiger partial charge in [0.05, 0.1) is 36.3 Å². The van der Waals surface area contributed by atoms with Crippen LogP contribution in [0.3, 0.4) is 0 Å². The number of carboxylic acid groups (broad SMARTS) is 1. The van der Waals surface area contributed by atoms with Crippen molar-refractivity contribution in [3.8, 4) is 5.88 Å². The SMILES string of the molecule is CCOc1ccc(Nc2cc(C(CC)CC(=O)O)ccc2N(CC)C2CCOCC2)cn1. The molecule has 0 saturated carbocycles. The number of aromatic nitrogens is 1. The van der Waals surface area contributed by atoms with E-state index in [1.54, 1.807) is 6.20 Å².